The van der Waals surface area contributed by atoms with E-state index < -0.39 is 23.7 Å². The number of halogens is 3. The van der Waals surface area contributed by atoms with E-state index in [1.165, 1.54) is 12.1 Å². The highest BCUT2D eigenvalue weighted by Gasteiger charge is 2.38. The molecule has 0 aliphatic carbocycles. The zero-order chi connectivity index (χ0) is 14.6. The molecule has 0 aliphatic rings. The van der Waals surface area contributed by atoms with Gasteiger partial charge >= 0.3 is 6.18 Å². The van der Waals surface area contributed by atoms with E-state index in [0.717, 1.165) is 6.92 Å². The molecule has 0 radical (unpaired) electrons. The topological polar surface area (TPSA) is 29.1 Å². The molecule has 0 saturated heterocycles. The first-order valence-corrected chi connectivity index (χ1v) is 5.88. The smallest absolute Gasteiger partial charge is 0.378 e. The number of ketones is 1. The molecule has 2 nitrogen and oxygen atoms in total. The lowest BCUT2D eigenvalue weighted by atomic mass is 9.99. The van der Waals surface area contributed by atoms with Gasteiger partial charge in [0.1, 0.15) is 5.70 Å². The molecular formula is C14H16F3NO. The lowest BCUT2D eigenvalue weighted by Gasteiger charge is -2.20. The molecule has 0 bridgehead atoms. The molecule has 0 spiro atoms. The summed E-state index contributed by atoms with van der Waals surface area (Å²) in [5.74, 6) is -0.619. The lowest BCUT2D eigenvalue weighted by Crippen LogP contribution is -2.33. The van der Waals surface area contributed by atoms with Crippen molar-refractivity contribution in [1.29, 1.82) is 0 Å². The minimum absolute atomic E-state index is 0.260. The Morgan fingerprint density at radius 2 is 1.68 bits per heavy atom. The SMILES string of the molecule is CC(=O)/C(=C(\NC(C)C)C(F)(F)F)c1ccccc1. The Balaban J connectivity index is 3.47. The Kier molecular flexibility index (Phi) is 4.75. The van der Waals surface area contributed by atoms with Crippen molar-refractivity contribution in [2.24, 2.45) is 0 Å². The first kappa shape index (κ1) is 15.3. The van der Waals surface area contributed by atoms with Gasteiger partial charge in [0.05, 0.1) is 5.57 Å². The van der Waals surface area contributed by atoms with Crippen molar-refractivity contribution in [3.63, 3.8) is 0 Å². The molecule has 0 fully saturated rings. The average Bonchev–Trinajstić information content (AvgIpc) is 2.27. The van der Waals surface area contributed by atoms with Gasteiger partial charge in [-0.1, -0.05) is 30.3 Å². The van der Waals surface area contributed by atoms with Crippen molar-refractivity contribution in [3.8, 4) is 0 Å². The van der Waals surface area contributed by atoms with Gasteiger partial charge in [-0.15, -0.1) is 0 Å². The number of rotatable bonds is 4. The molecule has 0 amide bonds. The number of hydrogen-bond acceptors (Lipinski definition) is 2. The molecule has 19 heavy (non-hydrogen) atoms. The van der Waals surface area contributed by atoms with Crippen LogP contribution >= 0.6 is 0 Å². The van der Waals surface area contributed by atoms with Crippen LogP contribution in [-0.4, -0.2) is 18.0 Å². The van der Waals surface area contributed by atoms with Crippen molar-refractivity contribution in [2.75, 3.05) is 0 Å². The Labute approximate surface area is 110 Å². The number of hydrogen-bond donors (Lipinski definition) is 1. The second kappa shape index (κ2) is 5.91. The molecule has 0 aliphatic heterocycles. The average molecular weight is 271 g/mol. The Hall–Kier alpha value is -1.78. The third-order valence-electron chi connectivity index (χ3n) is 2.38. The maximum absolute atomic E-state index is 13.1. The Morgan fingerprint density at radius 1 is 1.16 bits per heavy atom. The molecule has 0 heterocycles. The van der Waals surface area contributed by atoms with Crippen LogP contribution in [0.3, 0.4) is 0 Å². The largest absolute Gasteiger partial charge is 0.431 e. The van der Waals surface area contributed by atoms with Crippen LogP contribution in [0.15, 0.2) is 36.0 Å². The maximum atomic E-state index is 13.1. The third-order valence-corrected chi connectivity index (χ3v) is 2.38. The summed E-state index contributed by atoms with van der Waals surface area (Å²) in [5.41, 5.74) is -1.06. The molecule has 1 aromatic rings. The highest BCUT2D eigenvalue weighted by molar-refractivity contribution is 6.20. The molecule has 104 valence electrons. The van der Waals surface area contributed by atoms with Gasteiger partial charge in [-0.05, 0) is 26.3 Å². The summed E-state index contributed by atoms with van der Waals surface area (Å²) in [6.07, 6.45) is -4.60. The number of alkyl halides is 3. The fourth-order valence-corrected chi connectivity index (χ4v) is 1.71. The summed E-state index contributed by atoms with van der Waals surface area (Å²) in [4.78, 5) is 11.6. The van der Waals surface area contributed by atoms with E-state index in [0.29, 0.717) is 0 Å². The summed E-state index contributed by atoms with van der Waals surface area (Å²) in [5, 5.41) is 2.33. The monoisotopic (exact) mass is 271 g/mol. The van der Waals surface area contributed by atoms with Crippen LogP contribution in [0.5, 0.6) is 0 Å². The van der Waals surface area contributed by atoms with Crippen LogP contribution in [0.4, 0.5) is 13.2 Å². The van der Waals surface area contributed by atoms with Crippen molar-refractivity contribution >= 4 is 11.4 Å². The molecule has 1 N–H and O–H groups in total. The van der Waals surface area contributed by atoms with E-state index in [9.17, 15) is 18.0 Å². The van der Waals surface area contributed by atoms with Crippen LogP contribution < -0.4 is 5.32 Å². The number of allylic oxidation sites excluding steroid dienone is 2. The number of nitrogens with one attached hydrogen (secondary N) is 1. The van der Waals surface area contributed by atoms with Crippen LogP contribution in [0.25, 0.3) is 5.57 Å². The van der Waals surface area contributed by atoms with E-state index in [2.05, 4.69) is 5.32 Å². The van der Waals surface area contributed by atoms with Gasteiger partial charge in [0.2, 0.25) is 0 Å². The summed E-state index contributed by atoms with van der Waals surface area (Å²) in [6, 6.07) is 7.44. The number of Topliss-reactive ketones (excluding diaryl/α,β-unsaturated/α-hetero) is 1. The van der Waals surface area contributed by atoms with E-state index in [1.807, 2.05) is 0 Å². The van der Waals surface area contributed by atoms with Gasteiger partial charge in [0.25, 0.3) is 0 Å². The molecular weight excluding hydrogens is 255 g/mol. The van der Waals surface area contributed by atoms with Crippen molar-refractivity contribution in [2.45, 2.75) is 33.0 Å². The number of carbonyl (C=O) groups is 1. The highest BCUT2D eigenvalue weighted by atomic mass is 19.4. The van der Waals surface area contributed by atoms with Crippen molar-refractivity contribution < 1.29 is 18.0 Å². The minimum atomic E-state index is -4.60. The van der Waals surface area contributed by atoms with E-state index in [4.69, 9.17) is 0 Å². The quantitative estimate of drug-likeness (QED) is 0.848. The molecule has 1 aromatic carbocycles. The van der Waals surface area contributed by atoms with Crippen molar-refractivity contribution in [3.05, 3.63) is 41.6 Å². The predicted octanol–water partition coefficient (Wildman–Crippen LogP) is 3.55. The fourth-order valence-electron chi connectivity index (χ4n) is 1.71. The van der Waals surface area contributed by atoms with E-state index >= 15 is 0 Å². The molecule has 5 heteroatoms. The third kappa shape index (κ3) is 4.12. The normalized spacial score (nSPS) is 13.2. The first-order valence-electron chi connectivity index (χ1n) is 5.88. The predicted molar refractivity (Wildman–Crippen MR) is 68.4 cm³/mol. The summed E-state index contributed by atoms with van der Waals surface area (Å²) in [6.45, 7) is 4.32. The molecule has 0 saturated carbocycles. The van der Waals surface area contributed by atoms with Gasteiger partial charge < -0.3 is 5.32 Å². The van der Waals surface area contributed by atoms with Crippen LogP contribution in [0.2, 0.25) is 0 Å². The zero-order valence-corrected chi connectivity index (χ0v) is 11.0. The second-order valence-corrected chi connectivity index (χ2v) is 4.47. The summed E-state index contributed by atoms with van der Waals surface area (Å²) in [7, 11) is 0. The fraction of sp³-hybridized carbons (Fsp3) is 0.357. The summed E-state index contributed by atoms with van der Waals surface area (Å²) >= 11 is 0. The molecule has 1 rings (SSSR count). The Bertz CT molecular complexity index is 475. The van der Waals surface area contributed by atoms with Gasteiger partial charge in [0, 0.05) is 6.04 Å². The Morgan fingerprint density at radius 3 is 2.05 bits per heavy atom. The second-order valence-electron chi connectivity index (χ2n) is 4.47. The molecule has 0 atom stereocenters. The van der Waals surface area contributed by atoms with Gasteiger partial charge in [0.15, 0.2) is 5.78 Å². The summed E-state index contributed by atoms with van der Waals surface area (Å²) < 4.78 is 39.3. The molecule has 0 aromatic heterocycles. The van der Waals surface area contributed by atoms with Crippen LogP contribution in [0, 0.1) is 0 Å². The lowest BCUT2D eigenvalue weighted by molar-refractivity contribution is -0.113. The van der Waals surface area contributed by atoms with Gasteiger partial charge in [-0.3, -0.25) is 4.79 Å². The maximum Gasteiger partial charge on any atom is 0.431 e. The zero-order valence-electron chi connectivity index (χ0n) is 11.0. The van der Waals surface area contributed by atoms with Crippen molar-refractivity contribution in [1.82, 2.24) is 5.32 Å². The standard InChI is InChI=1S/C14H16F3NO/c1-9(2)18-13(14(15,16)17)12(10(3)19)11-7-5-4-6-8-11/h4-9,18H,1-3H3/b13-12+. The minimum Gasteiger partial charge on any atom is -0.378 e. The molecule has 0 unspecified atom stereocenters. The van der Waals surface area contributed by atoms with E-state index in [-0.39, 0.29) is 11.1 Å². The van der Waals surface area contributed by atoms with Gasteiger partial charge in [-0.2, -0.15) is 13.2 Å². The number of benzene rings is 1. The van der Waals surface area contributed by atoms with Crippen LogP contribution in [0.1, 0.15) is 26.3 Å². The number of carbonyl (C=O) groups excluding carboxylic acids is 1. The highest BCUT2D eigenvalue weighted by Crippen LogP contribution is 2.31. The van der Waals surface area contributed by atoms with E-state index in [1.54, 1.807) is 32.0 Å². The van der Waals surface area contributed by atoms with Gasteiger partial charge in [-0.25, -0.2) is 0 Å². The van der Waals surface area contributed by atoms with Crippen LogP contribution in [-0.2, 0) is 4.79 Å². The first-order chi connectivity index (χ1) is 8.73.